The summed E-state index contributed by atoms with van der Waals surface area (Å²) in [6.07, 6.45) is 0.927. The van der Waals surface area contributed by atoms with Crippen molar-refractivity contribution in [1.82, 2.24) is 0 Å². The van der Waals surface area contributed by atoms with E-state index in [4.69, 9.17) is 11.6 Å². The van der Waals surface area contributed by atoms with Gasteiger partial charge in [0.25, 0.3) is 0 Å². The molecule has 0 aliphatic carbocycles. The molecule has 2 aromatic rings. The van der Waals surface area contributed by atoms with Crippen molar-refractivity contribution in [1.29, 1.82) is 0 Å². The van der Waals surface area contributed by atoms with E-state index >= 15 is 0 Å². The lowest BCUT2D eigenvalue weighted by molar-refractivity contribution is -0.116. The normalized spacial score (nSPS) is 10.5. The quantitative estimate of drug-likeness (QED) is 0.874. The van der Waals surface area contributed by atoms with Crippen molar-refractivity contribution < 1.29 is 9.18 Å². The van der Waals surface area contributed by atoms with E-state index < -0.39 is 5.82 Å². The van der Waals surface area contributed by atoms with Crippen LogP contribution in [-0.4, -0.2) is 5.91 Å². The van der Waals surface area contributed by atoms with Crippen LogP contribution in [0.1, 0.15) is 23.1 Å². The Morgan fingerprint density at radius 3 is 2.71 bits per heavy atom. The minimum Gasteiger partial charge on any atom is -0.324 e. The Morgan fingerprint density at radius 2 is 2.00 bits per heavy atom. The molecule has 0 saturated heterocycles. The molecule has 1 amide bonds. The summed E-state index contributed by atoms with van der Waals surface area (Å²) in [5.41, 5.74) is 3.61. The number of carbonyl (C=O) groups is 1. The number of hydrogen-bond acceptors (Lipinski definition) is 1. The van der Waals surface area contributed by atoms with Crippen molar-refractivity contribution >= 4 is 23.2 Å². The Morgan fingerprint density at radius 1 is 1.24 bits per heavy atom. The lowest BCUT2D eigenvalue weighted by atomic mass is 10.0. The summed E-state index contributed by atoms with van der Waals surface area (Å²) in [5.74, 6) is -0.824. The van der Waals surface area contributed by atoms with Crippen LogP contribution in [0.25, 0.3) is 0 Å². The Hall–Kier alpha value is -1.87. The molecule has 0 aliphatic rings. The topological polar surface area (TPSA) is 29.1 Å². The molecule has 0 aliphatic heterocycles. The van der Waals surface area contributed by atoms with Crippen molar-refractivity contribution in [2.45, 2.75) is 26.7 Å². The number of hydrogen-bond donors (Lipinski definition) is 1. The predicted octanol–water partition coefficient (Wildman–Crippen LogP) is 4.67. The van der Waals surface area contributed by atoms with Gasteiger partial charge in [-0.15, -0.1) is 0 Å². The number of nitrogens with one attached hydrogen (secondary N) is 1. The van der Waals surface area contributed by atoms with E-state index in [1.807, 2.05) is 26.0 Å². The standard InChI is InChI=1S/C17H17ClFNO/c1-11-6-7-13(12(2)10-11)8-9-16(21)20-15-5-3-4-14(18)17(15)19/h3-7,10H,8-9H2,1-2H3,(H,20,21). The molecule has 1 N–H and O–H groups in total. The first-order valence-corrected chi connectivity index (χ1v) is 7.15. The third kappa shape index (κ3) is 4.05. The zero-order chi connectivity index (χ0) is 15.4. The van der Waals surface area contributed by atoms with E-state index in [-0.39, 0.29) is 16.6 Å². The number of carbonyl (C=O) groups excluding carboxylic acids is 1. The monoisotopic (exact) mass is 305 g/mol. The van der Waals surface area contributed by atoms with Gasteiger partial charge in [-0.3, -0.25) is 4.79 Å². The molecule has 4 heteroatoms. The van der Waals surface area contributed by atoms with Crippen LogP contribution in [0.2, 0.25) is 5.02 Å². The molecule has 0 spiro atoms. The van der Waals surface area contributed by atoms with Crippen LogP contribution in [-0.2, 0) is 11.2 Å². The molecule has 0 fully saturated rings. The lowest BCUT2D eigenvalue weighted by Gasteiger charge is -2.09. The predicted molar refractivity (Wildman–Crippen MR) is 84.3 cm³/mol. The average Bonchev–Trinajstić information content (AvgIpc) is 2.43. The summed E-state index contributed by atoms with van der Waals surface area (Å²) in [7, 11) is 0. The van der Waals surface area contributed by atoms with Crippen molar-refractivity contribution in [2.75, 3.05) is 5.32 Å². The third-order valence-electron chi connectivity index (χ3n) is 3.35. The zero-order valence-corrected chi connectivity index (χ0v) is 12.8. The molecule has 0 heterocycles. The van der Waals surface area contributed by atoms with Gasteiger partial charge in [-0.05, 0) is 43.5 Å². The Labute approximate surface area is 128 Å². The highest BCUT2D eigenvalue weighted by Gasteiger charge is 2.10. The van der Waals surface area contributed by atoms with Gasteiger partial charge in [-0.2, -0.15) is 0 Å². The Balaban J connectivity index is 1.97. The molecule has 0 atom stereocenters. The highest BCUT2D eigenvalue weighted by atomic mass is 35.5. The third-order valence-corrected chi connectivity index (χ3v) is 3.64. The van der Waals surface area contributed by atoms with Crippen LogP contribution < -0.4 is 5.32 Å². The number of rotatable bonds is 4. The Bertz CT molecular complexity index is 670. The number of anilines is 1. The first-order chi connectivity index (χ1) is 9.97. The van der Waals surface area contributed by atoms with E-state index in [2.05, 4.69) is 11.4 Å². The summed E-state index contributed by atoms with van der Waals surface area (Å²) in [6.45, 7) is 4.06. The van der Waals surface area contributed by atoms with Crippen LogP contribution in [0.15, 0.2) is 36.4 Å². The molecule has 0 aromatic heterocycles. The van der Waals surface area contributed by atoms with Crippen molar-refractivity contribution in [2.24, 2.45) is 0 Å². The van der Waals surface area contributed by atoms with E-state index in [1.54, 1.807) is 6.07 Å². The molecule has 110 valence electrons. The molecule has 2 nitrogen and oxygen atoms in total. The number of amides is 1. The molecule has 0 radical (unpaired) electrons. The second-order valence-electron chi connectivity index (χ2n) is 5.08. The maximum atomic E-state index is 13.7. The van der Waals surface area contributed by atoms with Crippen molar-refractivity contribution in [3.8, 4) is 0 Å². The Kier molecular flexibility index (Phi) is 4.97. The molecule has 2 aromatic carbocycles. The second-order valence-corrected chi connectivity index (χ2v) is 5.49. The fourth-order valence-corrected chi connectivity index (χ4v) is 2.36. The number of halogens is 2. The largest absolute Gasteiger partial charge is 0.324 e. The van der Waals surface area contributed by atoms with Gasteiger partial charge in [0.2, 0.25) is 5.91 Å². The van der Waals surface area contributed by atoms with Gasteiger partial charge >= 0.3 is 0 Å². The van der Waals surface area contributed by atoms with Gasteiger partial charge in [0, 0.05) is 6.42 Å². The van der Waals surface area contributed by atoms with Gasteiger partial charge < -0.3 is 5.32 Å². The fraction of sp³-hybridized carbons (Fsp3) is 0.235. The zero-order valence-electron chi connectivity index (χ0n) is 12.0. The molecular weight excluding hydrogens is 289 g/mol. The van der Waals surface area contributed by atoms with Gasteiger partial charge in [-0.1, -0.05) is 41.4 Å². The summed E-state index contributed by atoms with van der Waals surface area (Å²) < 4.78 is 13.7. The van der Waals surface area contributed by atoms with E-state index in [0.717, 1.165) is 11.1 Å². The summed E-state index contributed by atoms with van der Waals surface area (Å²) in [6, 6.07) is 10.7. The van der Waals surface area contributed by atoms with E-state index in [9.17, 15) is 9.18 Å². The summed E-state index contributed by atoms with van der Waals surface area (Å²) in [4.78, 5) is 11.9. The van der Waals surface area contributed by atoms with Crippen LogP contribution in [0, 0.1) is 19.7 Å². The molecule has 0 saturated carbocycles. The van der Waals surface area contributed by atoms with E-state index in [1.165, 1.54) is 17.7 Å². The molecule has 21 heavy (non-hydrogen) atoms. The van der Waals surface area contributed by atoms with E-state index in [0.29, 0.717) is 12.8 Å². The summed E-state index contributed by atoms with van der Waals surface area (Å²) in [5, 5.41) is 2.56. The van der Waals surface area contributed by atoms with Crippen LogP contribution in [0.3, 0.4) is 0 Å². The molecule has 0 bridgehead atoms. The average molecular weight is 306 g/mol. The fourth-order valence-electron chi connectivity index (χ4n) is 2.19. The molecular formula is C17H17ClFNO. The number of aryl methyl sites for hydroxylation is 3. The summed E-state index contributed by atoms with van der Waals surface area (Å²) >= 11 is 5.68. The number of benzene rings is 2. The first kappa shape index (κ1) is 15.5. The van der Waals surface area contributed by atoms with Gasteiger partial charge in [-0.25, -0.2) is 4.39 Å². The van der Waals surface area contributed by atoms with Crippen LogP contribution in [0.4, 0.5) is 10.1 Å². The first-order valence-electron chi connectivity index (χ1n) is 6.77. The minimum absolute atomic E-state index is 0.00202. The van der Waals surface area contributed by atoms with Gasteiger partial charge in [0.1, 0.15) is 0 Å². The molecule has 2 rings (SSSR count). The maximum Gasteiger partial charge on any atom is 0.224 e. The lowest BCUT2D eigenvalue weighted by Crippen LogP contribution is -2.13. The second kappa shape index (κ2) is 6.72. The smallest absolute Gasteiger partial charge is 0.224 e. The maximum absolute atomic E-state index is 13.7. The molecule has 0 unspecified atom stereocenters. The van der Waals surface area contributed by atoms with Crippen molar-refractivity contribution in [3.05, 3.63) is 63.9 Å². The van der Waals surface area contributed by atoms with Gasteiger partial charge in [0.05, 0.1) is 10.7 Å². The highest BCUT2D eigenvalue weighted by Crippen LogP contribution is 2.22. The van der Waals surface area contributed by atoms with Crippen LogP contribution in [0.5, 0.6) is 0 Å². The SMILES string of the molecule is Cc1ccc(CCC(=O)Nc2cccc(Cl)c2F)c(C)c1. The highest BCUT2D eigenvalue weighted by molar-refractivity contribution is 6.31. The minimum atomic E-state index is -0.598. The van der Waals surface area contributed by atoms with Gasteiger partial charge in [0.15, 0.2) is 5.82 Å². The van der Waals surface area contributed by atoms with Crippen LogP contribution >= 0.6 is 11.6 Å². The van der Waals surface area contributed by atoms with Crippen molar-refractivity contribution in [3.63, 3.8) is 0 Å².